The third kappa shape index (κ3) is 4.35. The molecule has 0 bridgehead atoms. The quantitative estimate of drug-likeness (QED) is 0.761. The summed E-state index contributed by atoms with van der Waals surface area (Å²) in [4.78, 5) is 14.1. The summed E-state index contributed by atoms with van der Waals surface area (Å²) in [6.07, 6.45) is 2.11. The number of rotatable bonds is 4. The van der Waals surface area contributed by atoms with Crippen LogP contribution in [0.1, 0.15) is 66.1 Å². The van der Waals surface area contributed by atoms with Crippen molar-refractivity contribution in [2.24, 2.45) is 5.92 Å². The Morgan fingerprint density at radius 3 is 2.17 bits per heavy atom. The van der Waals surface area contributed by atoms with Crippen LogP contribution in [0.15, 0.2) is 30.3 Å². The molecule has 0 N–H and O–H groups in total. The Balaban J connectivity index is 2.28. The van der Waals surface area contributed by atoms with Crippen LogP contribution in [0.25, 0.3) is 0 Å². The van der Waals surface area contributed by atoms with Crippen molar-refractivity contribution in [3.05, 3.63) is 35.9 Å². The number of likely N-dealkylation sites (tertiary alicyclic amines) is 1. The topological polar surface area (TPSA) is 29.5 Å². The summed E-state index contributed by atoms with van der Waals surface area (Å²) in [5.41, 5.74) is 1.25. The summed E-state index contributed by atoms with van der Waals surface area (Å²) in [6.45, 7) is 13.8. The molecule has 1 unspecified atom stereocenters. The molecule has 3 nitrogen and oxygen atoms in total. The predicted octanol–water partition coefficient (Wildman–Crippen LogP) is 4.58. The van der Waals surface area contributed by atoms with E-state index in [1.54, 1.807) is 0 Å². The molecule has 0 aromatic heterocycles. The molecule has 0 amide bonds. The van der Waals surface area contributed by atoms with E-state index in [4.69, 9.17) is 4.74 Å². The van der Waals surface area contributed by atoms with E-state index in [2.05, 4.69) is 39.5 Å². The summed E-state index contributed by atoms with van der Waals surface area (Å²) in [6, 6.07) is 10.1. The van der Waals surface area contributed by atoms with E-state index >= 15 is 0 Å². The smallest absolute Gasteiger partial charge is 0.303 e. The highest BCUT2D eigenvalue weighted by Gasteiger charge is 2.45. The van der Waals surface area contributed by atoms with E-state index in [1.807, 2.05) is 30.3 Å². The molecule has 3 heteroatoms. The zero-order valence-corrected chi connectivity index (χ0v) is 15.4. The highest BCUT2D eigenvalue weighted by Crippen LogP contribution is 2.42. The minimum Gasteiger partial charge on any atom is -0.456 e. The summed E-state index contributed by atoms with van der Waals surface area (Å²) in [5, 5.41) is 0. The number of nitrogens with zero attached hydrogens (tertiary/aromatic N) is 1. The first kappa shape index (κ1) is 18.0. The van der Waals surface area contributed by atoms with Crippen molar-refractivity contribution in [2.45, 2.75) is 71.6 Å². The van der Waals surface area contributed by atoms with Gasteiger partial charge < -0.3 is 4.74 Å². The van der Waals surface area contributed by atoms with Crippen LogP contribution in [-0.4, -0.2) is 28.5 Å². The average molecular weight is 317 g/mol. The summed E-state index contributed by atoms with van der Waals surface area (Å²) in [7, 11) is 0. The van der Waals surface area contributed by atoms with Crippen molar-refractivity contribution in [3.8, 4) is 0 Å². The summed E-state index contributed by atoms with van der Waals surface area (Å²) >= 11 is 0. The molecule has 1 aromatic rings. The van der Waals surface area contributed by atoms with Gasteiger partial charge in [-0.15, -0.1) is 0 Å². The van der Waals surface area contributed by atoms with E-state index in [9.17, 15) is 4.79 Å². The van der Waals surface area contributed by atoms with Gasteiger partial charge in [0.15, 0.2) is 0 Å². The van der Waals surface area contributed by atoms with Gasteiger partial charge in [0, 0.05) is 24.5 Å². The van der Waals surface area contributed by atoms with E-state index in [0.717, 1.165) is 24.9 Å². The van der Waals surface area contributed by atoms with Crippen LogP contribution < -0.4 is 0 Å². The number of carbonyl (C=O) groups is 1. The Bertz CT molecular complexity index is 518. The first-order valence-corrected chi connectivity index (χ1v) is 8.62. The fourth-order valence-electron chi connectivity index (χ4n) is 4.56. The third-order valence-corrected chi connectivity index (χ3v) is 4.99. The van der Waals surface area contributed by atoms with Crippen LogP contribution in [0.3, 0.4) is 0 Å². The molecule has 0 radical (unpaired) electrons. The molecule has 23 heavy (non-hydrogen) atoms. The fraction of sp³-hybridized carbons (Fsp3) is 0.650. The number of carbonyl (C=O) groups excluding carboxylic acids is 1. The largest absolute Gasteiger partial charge is 0.456 e. The highest BCUT2D eigenvalue weighted by molar-refractivity contribution is 5.66. The molecule has 1 saturated heterocycles. The number of hydrogen-bond acceptors (Lipinski definition) is 3. The van der Waals surface area contributed by atoms with Gasteiger partial charge in [0.2, 0.25) is 0 Å². The van der Waals surface area contributed by atoms with Crippen molar-refractivity contribution in [1.82, 2.24) is 4.90 Å². The predicted molar refractivity (Wildman–Crippen MR) is 94.2 cm³/mol. The number of esters is 1. The lowest BCUT2D eigenvalue weighted by Gasteiger charge is -2.55. The molecule has 0 saturated carbocycles. The highest BCUT2D eigenvalue weighted by atomic mass is 16.5. The van der Waals surface area contributed by atoms with E-state index in [1.165, 1.54) is 6.92 Å². The Labute approximate surface area is 141 Å². The molecule has 1 aromatic carbocycles. The molecule has 2 rings (SSSR count). The summed E-state index contributed by atoms with van der Waals surface area (Å²) < 4.78 is 5.67. The van der Waals surface area contributed by atoms with Crippen molar-refractivity contribution >= 4 is 5.97 Å². The normalized spacial score (nSPS) is 22.5. The molecule has 1 fully saturated rings. The zero-order chi connectivity index (χ0) is 17.3. The molecule has 1 heterocycles. The second-order valence-electron chi connectivity index (χ2n) is 8.26. The first-order chi connectivity index (χ1) is 10.6. The van der Waals surface area contributed by atoms with Crippen LogP contribution in [0.2, 0.25) is 0 Å². The van der Waals surface area contributed by atoms with E-state index in [0.29, 0.717) is 5.92 Å². The Kier molecular flexibility index (Phi) is 5.20. The number of piperidine rings is 1. The van der Waals surface area contributed by atoms with Gasteiger partial charge in [-0.05, 0) is 52.0 Å². The second-order valence-corrected chi connectivity index (χ2v) is 8.26. The monoisotopic (exact) mass is 317 g/mol. The molecule has 0 spiro atoms. The molecule has 1 aliphatic heterocycles. The van der Waals surface area contributed by atoms with Gasteiger partial charge in [-0.1, -0.05) is 37.3 Å². The molecular weight excluding hydrogens is 286 g/mol. The lowest BCUT2D eigenvalue weighted by molar-refractivity contribution is -0.152. The molecular formula is C20H31NO2. The van der Waals surface area contributed by atoms with Gasteiger partial charge in [-0.3, -0.25) is 9.69 Å². The Morgan fingerprint density at radius 1 is 1.17 bits per heavy atom. The van der Waals surface area contributed by atoms with Crippen molar-refractivity contribution in [2.75, 3.05) is 6.54 Å². The van der Waals surface area contributed by atoms with Crippen LogP contribution in [0.5, 0.6) is 0 Å². The first-order valence-electron chi connectivity index (χ1n) is 8.62. The number of hydrogen-bond donors (Lipinski definition) is 0. The second kappa shape index (κ2) is 6.64. The van der Waals surface area contributed by atoms with Crippen molar-refractivity contribution < 1.29 is 9.53 Å². The molecule has 128 valence electrons. The molecule has 1 atom stereocenters. The SMILES string of the molecule is CC(=O)OC(CN1C(C)(C)CC(C)CC1(C)C)c1ccccc1. The maximum absolute atomic E-state index is 11.6. The van der Waals surface area contributed by atoms with E-state index < -0.39 is 0 Å². The Hall–Kier alpha value is -1.35. The zero-order valence-electron chi connectivity index (χ0n) is 15.4. The van der Waals surface area contributed by atoms with Crippen molar-refractivity contribution in [1.29, 1.82) is 0 Å². The lowest BCUT2D eigenvalue weighted by atomic mass is 9.74. The third-order valence-electron chi connectivity index (χ3n) is 4.99. The van der Waals surface area contributed by atoms with Crippen LogP contribution in [0, 0.1) is 5.92 Å². The molecule has 0 aliphatic carbocycles. The lowest BCUT2D eigenvalue weighted by Crippen LogP contribution is -2.61. The number of ether oxygens (including phenoxy) is 1. The standard InChI is InChI=1S/C20H31NO2/c1-15-12-19(3,4)21(20(5,6)13-15)14-18(23-16(2)22)17-10-8-7-9-11-17/h7-11,15,18H,12-14H2,1-6H3. The number of benzene rings is 1. The maximum Gasteiger partial charge on any atom is 0.303 e. The van der Waals surface area contributed by atoms with Gasteiger partial charge in [0.05, 0.1) is 0 Å². The minimum absolute atomic E-state index is 0.0916. The van der Waals surface area contributed by atoms with Crippen LogP contribution in [0.4, 0.5) is 0 Å². The van der Waals surface area contributed by atoms with E-state index in [-0.39, 0.29) is 23.2 Å². The van der Waals surface area contributed by atoms with Crippen LogP contribution in [-0.2, 0) is 9.53 Å². The van der Waals surface area contributed by atoms with Crippen molar-refractivity contribution in [3.63, 3.8) is 0 Å². The van der Waals surface area contributed by atoms with Gasteiger partial charge >= 0.3 is 5.97 Å². The van der Waals surface area contributed by atoms with Crippen LogP contribution >= 0.6 is 0 Å². The summed E-state index contributed by atoms with van der Waals surface area (Å²) in [5.74, 6) is 0.486. The van der Waals surface area contributed by atoms with Gasteiger partial charge in [-0.2, -0.15) is 0 Å². The Morgan fingerprint density at radius 2 is 1.70 bits per heavy atom. The average Bonchev–Trinajstić information content (AvgIpc) is 2.40. The minimum atomic E-state index is -0.222. The maximum atomic E-state index is 11.6. The van der Waals surface area contributed by atoms with Gasteiger partial charge in [-0.25, -0.2) is 0 Å². The van der Waals surface area contributed by atoms with Gasteiger partial charge in [0.25, 0.3) is 0 Å². The molecule has 1 aliphatic rings. The fourth-order valence-corrected chi connectivity index (χ4v) is 4.56. The van der Waals surface area contributed by atoms with Gasteiger partial charge in [0.1, 0.15) is 6.10 Å².